The van der Waals surface area contributed by atoms with Crippen LogP contribution in [0.2, 0.25) is 5.02 Å². The first kappa shape index (κ1) is 16.6. The van der Waals surface area contributed by atoms with Gasteiger partial charge in [0.1, 0.15) is 0 Å². The fraction of sp³-hybridized carbons (Fsp3) is 0.188. The molecule has 126 valence electrons. The molecule has 0 bridgehead atoms. The quantitative estimate of drug-likeness (QED) is 0.844. The second-order valence-corrected chi connectivity index (χ2v) is 5.87. The summed E-state index contributed by atoms with van der Waals surface area (Å²) in [7, 11) is 0. The third kappa shape index (κ3) is 2.81. The fourth-order valence-electron chi connectivity index (χ4n) is 2.78. The largest absolute Gasteiger partial charge is 0.480 e. The Balaban J connectivity index is 2.19. The highest BCUT2D eigenvalue weighted by Gasteiger charge is 2.42. The summed E-state index contributed by atoms with van der Waals surface area (Å²) in [5.41, 5.74) is -0.646. The van der Waals surface area contributed by atoms with Gasteiger partial charge < -0.3 is 5.11 Å². The predicted octanol–water partition coefficient (Wildman–Crippen LogP) is 4.23. The zero-order valence-electron chi connectivity index (χ0n) is 12.0. The maximum Gasteiger partial charge on any atom is 0.416 e. The first-order valence-electron chi connectivity index (χ1n) is 6.89. The summed E-state index contributed by atoms with van der Waals surface area (Å²) >= 11 is 5.78. The van der Waals surface area contributed by atoms with Crippen LogP contribution in [-0.4, -0.2) is 22.3 Å². The summed E-state index contributed by atoms with van der Waals surface area (Å²) in [5, 5.41) is 19.9. The van der Waals surface area contributed by atoms with Crippen LogP contribution in [0.15, 0.2) is 36.4 Å². The second kappa shape index (κ2) is 5.68. The molecule has 0 aliphatic carbocycles. The number of hydrogen-bond acceptors (Lipinski definition) is 3. The number of carboxylic acids is 1. The van der Waals surface area contributed by atoms with Crippen molar-refractivity contribution in [3.63, 3.8) is 0 Å². The topological polar surface area (TPSA) is 60.8 Å². The van der Waals surface area contributed by atoms with E-state index in [0.717, 1.165) is 6.07 Å². The minimum absolute atomic E-state index is 0.151. The number of benzene rings is 2. The molecule has 2 aromatic rings. The maximum atomic E-state index is 13.4. The molecule has 1 heterocycles. The molecule has 1 atom stereocenters. The van der Waals surface area contributed by atoms with Gasteiger partial charge in [0.15, 0.2) is 6.04 Å². The standard InChI is InChI=1S/C16H11ClF3NO3/c17-10-3-1-8(2-4-10)9-5-12(16(18,19)20)11-7-14(15(22)23)21(24)13(11)6-9/h1-6,14,24H,7H2,(H,22,23). The normalized spacial score (nSPS) is 17.0. The maximum absolute atomic E-state index is 13.4. The van der Waals surface area contributed by atoms with Gasteiger partial charge in [0.05, 0.1) is 11.3 Å². The molecule has 1 unspecified atom stereocenters. The Labute approximate surface area is 139 Å². The average Bonchev–Trinajstić information content (AvgIpc) is 2.83. The van der Waals surface area contributed by atoms with E-state index in [-0.39, 0.29) is 16.8 Å². The first-order chi connectivity index (χ1) is 11.2. The van der Waals surface area contributed by atoms with Gasteiger partial charge in [-0.15, -0.1) is 0 Å². The number of carbonyl (C=O) groups is 1. The zero-order valence-corrected chi connectivity index (χ0v) is 12.8. The third-order valence-electron chi connectivity index (χ3n) is 3.93. The molecular formula is C16H11ClF3NO3. The lowest BCUT2D eigenvalue weighted by Crippen LogP contribution is -2.35. The number of alkyl halides is 3. The molecule has 2 aromatic carbocycles. The highest BCUT2D eigenvalue weighted by molar-refractivity contribution is 6.30. The van der Waals surface area contributed by atoms with Gasteiger partial charge in [-0.1, -0.05) is 23.7 Å². The van der Waals surface area contributed by atoms with Crippen molar-refractivity contribution in [2.75, 3.05) is 5.06 Å². The number of halogens is 4. The number of aliphatic carboxylic acids is 1. The number of fused-ring (bicyclic) bond motifs is 1. The average molecular weight is 358 g/mol. The van der Waals surface area contributed by atoms with Crippen LogP contribution in [0.1, 0.15) is 11.1 Å². The SMILES string of the molecule is O=C(O)C1Cc2c(cc(-c3ccc(Cl)cc3)cc2C(F)(F)F)N1O. The van der Waals surface area contributed by atoms with E-state index in [0.29, 0.717) is 15.6 Å². The molecule has 8 heteroatoms. The number of hydroxylamine groups is 1. The molecule has 1 aliphatic rings. The van der Waals surface area contributed by atoms with E-state index in [2.05, 4.69) is 0 Å². The molecule has 0 aromatic heterocycles. The summed E-state index contributed by atoms with van der Waals surface area (Å²) in [6.07, 6.45) is -5.09. The molecule has 0 spiro atoms. The van der Waals surface area contributed by atoms with Crippen molar-refractivity contribution in [1.82, 2.24) is 0 Å². The number of nitrogens with zero attached hydrogens (tertiary/aromatic N) is 1. The molecule has 4 nitrogen and oxygen atoms in total. The van der Waals surface area contributed by atoms with Crippen LogP contribution >= 0.6 is 11.6 Å². The van der Waals surface area contributed by atoms with Gasteiger partial charge in [-0.2, -0.15) is 13.2 Å². The molecule has 24 heavy (non-hydrogen) atoms. The van der Waals surface area contributed by atoms with Crippen LogP contribution < -0.4 is 5.06 Å². The van der Waals surface area contributed by atoms with Crippen molar-refractivity contribution in [2.24, 2.45) is 0 Å². The van der Waals surface area contributed by atoms with Gasteiger partial charge in [0.25, 0.3) is 0 Å². The Morgan fingerprint density at radius 2 is 1.79 bits per heavy atom. The monoisotopic (exact) mass is 357 g/mol. The predicted molar refractivity (Wildman–Crippen MR) is 81.3 cm³/mol. The fourth-order valence-corrected chi connectivity index (χ4v) is 2.90. The molecule has 0 radical (unpaired) electrons. The van der Waals surface area contributed by atoms with Crippen LogP contribution in [0.25, 0.3) is 11.1 Å². The number of carboxylic acid groups (broad SMARTS) is 1. The lowest BCUT2D eigenvalue weighted by atomic mass is 9.96. The van der Waals surface area contributed by atoms with Crippen LogP contribution in [0.3, 0.4) is 0 Å². The van der Waals surface area contributed by atoms with E-state index >= 15 is 0 Å². The Bertz CT molecular complexity index is 805. The molecule has 1 aliphatic heterocycles. The van der Waals surface area contributed by atoms with Gasteiger partial charge >= 0.3 is 12.1 Å². The van der Waals surface area contributed by atoms with E-state index in [9.17, 15) is 23.2 Å². The summed E-state index contributed by atoms with van der Waals surface area (Å²) in [6.45, 7) is 0. The Hall–Kier alpha value is -2.25. The lowest BCUT2D eigenvalue weighted by molar-refractivity contribution is -0.141. The highest BCUT2D eigenvalue weighted by atomic mass is 35.5. The van der Waals surface area contributed by atoms with Gasteiger partial charge in [0.2, 0.25) is 0 Å². The summed E-state index contributed by atoms with van der Waals surface area (Å²) in [4.78, 5) is 11.1. The van der Waals surface area contributed by atoms with Crippen molar-refractivity contribution in [3.8, 4) is 11.1 Å². The number of hydrogen-bond donors (Lipinski definition) is 2. The molecule has 3 rings (SSSR count). The summed E-state index contributed by atoms with van der Waals surface area (Å²) in [5.74, 6) is -1.39. The van der Waals surface area contributed by atoms with E-state index in [1.807, 2.05) is 0 Å². The molecule has 2 N–H and O–H groups in total. The van der Waals surface area contributed by atoms with E-state index in [1.54, 1.807) is 12.1 Å². The van der Waals surface area contributed by atoms with E-state index < -0.39 is 30.2 Å². The smallest absolute Gasteiger partial charge is 0.416 e. The molecule has 0 saturated carbocycles. The van der Waals surface area contributed by atoms with Crippen LogP contribution in [0.5, 0.6) is 0 Å². The van der Waals surface area contributed by atoms with Crippen molar-refractivity contribution < 1.29 is 28.3 Å². The minimum Gasteiger partial charge on any atom is -0.480 e. The van der Waals surface area contributed by atoms with Gasteiger partial charge in [-0.3, -0.25) is 5.21 Å². The van der Waals surface area contributed by atoms with Crippen molar-refractivity contribution in [3.05, 3.63) is 52.5 Å². The zero-order chi connectivity index (χ0) is 17.6. The Kier molecular flexibility index (Phi) is 3.93. The Morgan fingerprint density at radius 3 is 2.33 bits per heavy atom. The summed E-state index contributed by atoms with van der Waals surface area (Å²) < 4.78 is 40.2. The molecule has 0 saturated heterocycles. The molecule has 0 fully saturated rings. The molecule has 0 amide bonds. The molecular weight excluding hydrogens is 347 g/mol. The highest BCUT2D eigenvalue weighted by Crippen LogP contribution is 2.43. The van der Waals surface area contributed by atoms with Crippen LogP contribution in [0, 0.1) is 0 Å². The summed E-state index contributed by atoms with van der Waals surface area (Å²) in [6, 6.07) is 7.03. The second-order valence-electron chi connectivity index (χ2n) is 5.43. The van der Waals surface area contributed by atoms with Crippen molar-refractivity contribution in [2.45, 2.75) is 18.6 Å². The minimum atomic E-state index is -4.67. The van der Waals surface area contributed by atoms with Gasteiger partial charge in [-0.05, 0) is 41.0 Å². The van der Waals surface area contributed by atoms with Gasteiger partial charge in [0, 0.05) is 11.4 Å². The van der Waals surface area contributed by atoms with Crippen LogP contribution in [0.4, 0.5) is 18.9 Å². The van der Waals surface area contributed by atoms with E-state index in [1.165, 1.54) is 18.2 Å². The van der Waals surface area contributed by atoms with Crippen molar-refractivity contribution >= 4 is 23.3 Å². The van der Waals surface area contributed by atoms with Crippen LogP contribution in [-0.2, 0) is 17.4 Å². The van der Waals surface area contributed by atoms with E-state index in [4.69, 9.17) is 16.7 Å². The number of rotatable bonds is 2. The van der Waals surface area contributed by atoms with Crippen molar-refractivity contribution in [1.29, 1.82) is 0 Å². The lowest BCUT2D eigenvalue weighted by Gasteiger charge is -2.18. The third-order valence-corrected chi connectivity index (χ3v) is 4.19. The number of anilines is 1. The van der Waals surface area contributed by atoms with Gasteiger partial charge in [-0.25, -0.2) is 9.86 Å². The Morgan fingerprint density at radius 1 is 1.17 bits per heavy atom. The first-order valence-corrected chi connectivity index (χ1v) is 7.27.